The Labute approximate surface area is 91.3 Å². The van der Waals surface area contributed by atoms with Crippen LogP contribution in [0.5, 0.6) is 0 Å². The van der Waals surface area contributed by atoms with E-state index in [9.17, 15) is 10.1 Å². The number of hydrogen-bond donors (Lipinski definition) is 0. The highest BCUT2D eigenvalue weighted by molar-refractivity contribution is 5.46. The van der Waals surface area contributed by atoms with Crippen molar-refractivity contribution < 1.29 is 4.92 Å². The van der Waals surface area contributed by atoms with Crippen LogP contribution in [0.3, 0.4) is 0 Å². The Hall–Kier alpha value is -2.61. The van der Waals surface area contributed by atoms with Crippen LogP contribution in [0.25, 0.3) is 5.69 Å². The molecule has 0 spiro atoms. The molecular weight excluding hydrogens is 206 g/mol. The lowest BCUT2D eigenvalue weighted by molar-refractivity contribution is -0.384. The minimum absolute atomic E-state index is 0.00934. The number of hydrogen-bond acceptors (Lipinski definition) is 3. The van der Waals surface area contributed by atoms with E-state index in [0.717, 1.165) is 0 Å². The number of non-ortho nitro benzene ring substituents is 1. The summed E-state index contributed by atoms with van der Waals surface area (Å²) in [6, 6.07) is 11.5. The van der Waals surface area contributed by atoms with Crippen molar-refractivity contribution in [2.24, 2.45) is 0 Å². The molecule has 0 aliphatic carbocycles. The third-order valence-electron chi connectivity index (χ3n) is 2.18. The van der Waals surface area contributed by atoms with Crippen LogP contribution >= 0.6 is 0 Å². The molecule has 5 nitrogen and oxygen atoms in total. The number of nitrogens with zero attached hydrogens (tertiary/aromatic N) is 3. The van der Waals surface area contributed by atoms with E-state index in [1.165, 1.54) is 12.1 Å². The van der Waals surface area contributed by atoms with Crippen molar-refractivity contribution in [3.63, 3.8) is 0 Å². The SMILES string of the molecule is N#Cc1cccn1-c1cccc([N+](=O)[O-])c1. The van der Waals surface area contributed by atoms with E-state index in [1.807, 2.05) is 6.07 Å². The third-order valence-corrected chi connectivity index (χ3v) is 2.18. The maximum absolute atomic E-state index is 10.6. The highest BCUT2D eigenvalue weighted by Gasteiger charge is 2.08. The highest BCUT2D eigenvalue weighted by Crippen LogP contribution is 2.18. The van der Waals surface area contributed by atoms with Crippen LogP contribution in [-0.2, 0) is 0 Å². The van der Waals surface area contributed by atoms with Gasteiger partial charge in [0.1, 0.15) is 11.8 Å². The van der Waals surface area contributed by atoms with Gasteiger partial charge in [0.2, 0.25) is 0 Å². The zero-order valence-electron chi connectivity index (χ0n) is 8.20. The van der Waals surface area contributed by atoms with Crippen LogP contribution in [0, 0.1) is 21.4 Å². The smallest absolute Gasteiger partial charge is 0.271 e. The molecule has 1 heterocycles. The van der Waals surface area contributed by atoms with E-state index in [-0.39, 0.29) is 5.69 Å². The monoisotopic (exact) mass is 213 g/mol. The Morgan fingerprint density at radius 2 is 2.12 bits per heavy atom. The highest BCUT2D eigenvalue weighted by atomic mass is 16.6. The Morgan fingerprint density at radius 1 is 1.31 bits per heavy atom. The quantitative estimate of drug-likeness (QED) is 0.567. The van der Waals surface area contributed by atoms with Crippen LogP contribution in [0.15, 0.2) is 42.6 Å². The molecule has 1 aromatic carbocycles. The van der Waals surface area contributed by atoms with Crippen LogP contribution in [0.4, 0.5) is 5.69 Å². The van der Waals surface area contributed by atoms with Gasteiger partial charge in [-0.3, -0.25) is 10.1 Å². The topological polar surface area (TPSA) is 71.9 Å². The molecule has 0 aliphatic heterocycles. The lowest BCUT2D eigenvalue weighted by Crippen LogP contribution is -1.96. The molecule has 2 aromatic rings. The molecule has 0 amide bonds. The molecule has 0 radical (unpaired) electrons. The van der Waals surface area contributed by atoms with Crippen LogP contribution in [-0.4, -0.2) is 9.49 Å². The van der Waals surface area contributed by atoms with Crippen LogP contribution in [0.2, 0.25) is 0 Å². The van der Waals surface area contributed by atoms with Gasteiger partial charge in [0.15, 0.2) is 0 Å². The molecule has 0 saturated heterocycles. The fourth-order valence-electron chi connectivity index (χ4n) is 1.45. The molecule has 0 bridgehead atoms. The fourth-order valence-corrected chi connectivity index (χ4v) is 1.45. The van der Waals surface area contributed by atoms with Gasteiger partial charge >= 0.3 is 0 Å². The summed E-state index contributed by atoms with van der Waals surface area (Å²) in [7, 11) is 0. The molecule has 0 unspecified atom stereocenters. The normalized spacial score (nSPS) is 9.69. The van der Waals surface area contributed by atoms with E-state index in [2.05, 4.69) is 0 Å². The van der Waals surface area contributed by atoms with Crippen LogP contribution < -0.4 is 0 Å². The largest absolute Gasteiger partial charge is 0.308 e. The summed E-state index contributed by atoms with van der Waals surface area (Å²) in [5.74, 6) is 0. The summed E-state index contributed by atoms with van der Waals surface area (Å²) in [6.45, 7) is 0. The summed E-state index contributed by atoms with van der Waals surface area (Å²) < 4.78 is 1.60. The van der Waals surface area contributed by atoms with Gasteiger partial charge in [-0.25, -0.2) is 0 Å². The molecule has 1 aromatic heterocycles. The summed E-state index contributed by atoms with van der Waals surface area (Å²) in [6.07, 6.45) is 1.69. The number of aromatic nitrogens is 1. The summed E-state index contributed by atoms with van der Waals surface area (Å²) >= 11 is 0. The Balaban J connectivity index is 2.53. The number of rotatable bonds is 2. The first kappa shape index (κ1) is 9.93. The molecule has 0 atom stereocenters. The van der Waals surface area contributed by atoms with Crippen molar-refractivity contribution in [1.29, 1.82) is 5.26 Å². The lowest BCUT2D eigenvalue weighted by Gasteiger charge is -2.03. The standard InChI is InChI=1S/C11H7N3O2/c12-8-11-5-2-6-13(11)9-3-1-4-10(7-9)14(15)16/h1-7H. The third kappa shape index (κ3) is 1.64. The second-order valence-electron chi connectivity index (χ2n) is 3.15. The average Bonchev–Trinajstić information content (AvgIpc) is 2.77. The first-order chi connectivity index (χ1) is 7.72. The molecule has 78 valence electrons. The molecular formula is C11H7N3O2. The molecule has 0 aliphatic rings. The Bertz CT molecular complexity index is 581. The first-order valence-electron chi connectivity index (χ1n) is 4.54. The minimum Gasteiger partial charge on any atom is -0.308 e. The predicted octanol–water partition coefficient (Wildman–Crippen LogP) is 2.26. The lowest BCUT2D eigenvalue weighted by atomic mass is 10.2. The number of benzene rings is 1. The molecule has 16 heavy (non-hydrogen) atoms. The predicted molar refractivity (Wildman–Crippen MR) is 57.1 cm³/mol. The zero-order chi connectivity index (χ0) is 11.5. The van der Waals surface area contributed by atoms with E-state index >= 15 is 0 Å². The van der Waals surface area contributed by atoms with E-state index in [0.29, 0.717) is 11.4 Å². The van der Waals surface area contributed by atoms with Gasteiger partial charge in [0, 0.05) is 18.3 Å². The van der Waals surface area contributed by atoms with Crippen molar-refractivity contribution in [2.45, 2.75) is 0 Å². The second kappa shape index (κ2) is 3.87. The van der Waals surface area contributed by atoms with Gasteiger partial charge in [-0.1, -0.05) is 6.07 Å². The molecule has 5 heteroatoms. The maximum atomic E-state index is 10.6. The second-order valence-corrected chi connectivity index (χ2v) is 3.15. The minimum atomic E-state index is -0.459. The van der Waals surface area contributed by atoms with Crippen LogP contribution in [0.1, 0.15) is 5.69 Å². The van der Waals surface area contributed by atoms with Gasteiger partial charge in [0.05, 0.1) is 10.6 Å². The fraction of sp³-hybridized carbons (Fsp3) is 0. The van der Waals surface area contributed by atoms with Crippen molar-refractivity contribution in [3.05, 3.63) is 58.4 Å². The van der Waals surface area contributed by atoms with Crippen molar-refractivity contribution >= 4 is 5.69 Å². The van der Waals surface area contributed by atoms with Gasteiger partial charge in [-0.05, 0) is 18.2 Å². The van der Waals surface area contributed by atoms with E-state index in [1.54, 1.807) is 35.0 Å². The molecule has 0 saturated carbocycles. The number of nitro benzene ring substituents is 1. The van der Waals surface area contributed by atoms with Crippen molar-refractivity contribution in [3.8, 4) is 11.8 Å². The van der Waals surface area contributed by atoms with Crippen molar-refractivity contribution in [2.75, 3.05) is 0 Å². The molecule has 2 rings (SSSR count). The summed E-state index contributed by atoms with van der Waals surface area (Å²) in [5, 5.41) is 19.5. The maximum Gasteiger partial charge on any atom is 0.271 e. The first-order valence-corrected chi connectivity index (χ1v) is 4.54. The Morgan fingerprint density at radius 3 is 2.81 bits per heavy atom. The van der Waals surface area contributed by atoms with Gasteiger partial charge in [-0.2, -0.15) is 5.26 Å². The van der Waals surface area contributed by atoms with Gasteiger partial charge < -0.3 is 4.57 Å². The van der Waals surface area contributed by atoms with E-state index in [4.69, 9.17) is 5.26 Å². The molecule has 0 N–H and O–H groups in total. The number of nitriles is 1. The molecule has 0 fully saturated rings. The van der Waals surface area contributed by atoms with Gasteiger partial charge in [0.25, 0.3) is 5.69 Å². The summed E-state index contributed by atoms with van der Waals surface area (Å²) in [4.78, 5) is 10.1. The Kier molecular flexibility index (Phi) is 2.40. The van der Waals surface area contributed by atoms with E-state index < -0.39 is 4.92 Å². The van der Waals surface area contributed by atoms with Gasteiger partial charge in [-0.15, -0.1) is 0 Å². The number of nitro groups is 1. The summed E-state index contributed by atoms with van der Waals surface area (Å²) in [5.41, 5.74) is 1.06. The zero-order valence-corrected chi connectivity index (χ0v) is 8.20. The average molecular weight is 213 g/mol. The van der Waals surface area contributed by atoms with Crippen molar-refractivity contribution in [1.82, 2.24) is 4.57 Å².